The van der Waals surface area contributed by atoms with Crippen LogP contribution in [-0.2, 0) is 6.42 Å². The van der Waals surface area contributed by atoms with Crippen LogP contribution >= 0.6 is 23.2 Å². The first kappa shape index (κ1) is 28.3. The first-order valence-electron chi connectivity index (χ1n) is 15.7. The smallest absolute Gasteiger partial charge is 0.0595 e. The highest BCUT2D eigenvalue weighted by Crippen LogP contribution is 2.69. The van der Waals surface area contributed by atoms with Crippen molar-refractivity contribution in [1.29, 1.82) is 0 Å². The van der Waals surface area contributed by atoms with E-state index in [4.69, 9.17) is 23.2 Å². The third-order valence-corrected chi connectivity index (χ3v) is 13.3. The first-order valence-corrected chi connectivity index (χ1v) is 16.4. The minimum absolute atomic E-state index is 0.194. The van der Waals surface area contributed by atoms with E-state index in [1.54, 1.807) is 0 Å². The fourth-order valence-electron chi connectivity index (χ4n) is 10.7. The summed E-state index contributed by atoms with van der Waals surface area (Å²) in [7, 11) is 0. The summed E-state index contributed by atoms with van der Waals surface area (Å²) in [6.07, 6.45) is 15.6. The van der Waals surface area contributed by atoms with Gasteiger partial charge in [0, 0.05) is 0 Å². The van der Waals surface area contributed by atoms with Gasteiger partial charge in [0.1, 0.15) is 0 Å². The molecule has 5 rings (SSSR count). The van der Waals surface area contributed by atoms with Crippen LogP contribution in [-0.4, -0.2) is 11.2 Å². The maximum atomic E-state index is 11.2. The van der Waals surface area contributed by atoms with Crippen molar-refractivity contribution in [2.75, 3.05) is 0 Å². The molecule has 0 amide bonds. The Kier molecular flexibility index (Phi) is 8.39. The molecule has 0 saturated heterocycles. The zero-order valence-corrected chi connectivity index (χ0v) is 25.6. The van der Waals surface area contributed by atoms with Crippen LogP contribution in [0.5, 0.6) is 0 Å². The lowest BCUT2D eigenvalue weighted by Gasteiger charge is -2.63. The summed E-state index contributed by atoms with van der Waals surface area (Å²) in [5.74, 6) is 6.23. The number of aliphatic hydroxyl groups is 1. The number of rotatable bonds is 7. The van der Waals surface area contributed by atoms with E-state index in [0.717, 1.165) is 48.3 Å². The van der Waals surface area contributed by atoms with E-state index in [1.807, 2.05) is 12.1 Å². The molecule has 4 aliphatic rings. The molecule has 37 heavy (non-hydrogen) atoms. The highest BCUT2D eigenvalue weighted by Gasteiger charge is 2.61. The number of hydrogen-bond acceptors (Lipinski definition) is 1. The highest BCUT2D eigenvalue weighted by molar-refractivity contribution is 6.42. The molecule has 0 spiro atoms. The molecular weight excluding hydrogens is 495 g/mol. The largest absolute Gasteiger partial charge is 0.393 e. The summed E-state index contributed by atoms with van der Waals surface area (Å²) in [4.78, 5) is 0. The summed E-state index contributed by atoms with van der Waals surface area (Å²) in [5.41, 5.74) is 2.15. The van der Waals surface area contributed by atoms with Crippen molar-refractivity contribution in [3.63, 3.8) is 0 Å². The Morgan fingerprint density at radius 1 is 0.838 bits per heavy atom. The van der Waals surface area contributed by atoms with Crippen LogP contribution in [0.2, 0.25) is 10.0 Å². The molecule has 1 aromatic carbocycles. The monoisotopic (exact) mass is 546 g/mol. The van der Waals surface area contributed by atoms with Gasteiger partial charge in [0.25, 0.3) is 0 Å². The molecule has 0 bridgehead atoms. The molecule has 208 valence electrons. The lowest BCUT2D eigenvalue weighted by atomic mass is 9.42. The summed E-state index contributed by atoms with van der Waals surface area (Å²) >= 11 is 12.6. The molecule has 0 aromatic heterocycles. The number of hydrogen-bond donors (Lipinski definition) is 1. The van der Waals surface area contributed by atoms with Crippen molar-refractivity contribution in [3.05, 3.63) is 33.8 Å². The van der Waals surface area contributed by atoms with Gasteiger partial charge in [0.2, 0.25) is 0 Å². The first-order chi connectivity index (χ1) is 17.5. The van der Waals surface area contributed by atoms with Crippen molar-refractivity contribution in [1.82, 2.24) is 0 Å². The molecule has 10 atom stereocenters. The van der Waals surface area contributed by atoms with Crippen LogP contribution in [0.15, 0.2) is 18.2 Å². The minimum Gasteiger partial charge on any atom is -0.393 e. The van der Waals surface area contributed by atoms with Gasteiger partial charge in [0.15, 0.2) is 0 Å². The lowest BCUT2D eigenvalue weighted by Crippen LogP contribution is -2.57. The number of aliphatic hydroxyl groups excluding tert-OH is 1. The molecule has 4 aliphatic carbocycles. The van der Waals surface area contributed by atoms with Gasteiger partial charge in [-0.05, 0) is 134 Å². The van der Waals surface area contributed by atoms with Crippen molar-refractivity contribution in [2.45, 2.75) is 118 Å². The second-order valence-electron chi connectivity index (χ2n) is 14.8. The number of benzene rings is 1. The van der Waals surface area contributed by atoms with Gasteiger partial charge in [-0.2, -0.15) is 0 Å². The van der Waals surface area contributed by atoms with E-state index in [-0.39, 0.29) is 6.10 Å². The molecule has 0 heterocycles. The van der Waals surface area contributed by atoms with Gasteiger partial charge in [0.05, 0.1) is 16.1 Å². The van der Waals surface area contributed by atoms with Crippen molar-refractivity contribution in [3.8, 4) is 0 Å². The van der Waals surface area contributed by atoms with Gasteiger partial charge in [-0.25, -0.2) is 0 Å². The molecule has 1 N–H and O–H groups in total. The predicted molar refractivity (Wildman–Crippen MR) is 158 cm³/mol. The van der Waals surface area contributed by atoms with Gasteiger partial charge < -0.3 is 5.11 Å². The van der Waals surface area contributed by atoms with Gasteiger partial charge in [-0.3, -0.25) is 0 Å². The number of fused-ring (bicyclic) bond motifs is 5. The lowest BCUT2D eigenvalue weighted by molar-refractivity contribution is -0.152. The van der Waals surface area contributed by atoms with Crippen LogP contribution < -0.4 is 0 Å². The standard InChI is InChI=1S/C34H52Cl2O/c1-21(2)7-6-8-22(3)26-12-13-27-24-10-11-28-25(19-23-9-14-30(35)31(36)20-23)32(37)16-18-34(28,5)29(24)15-17-33(26,27)4/h9,14,20-22,24-29,32,37H,6-8,10-13,15-19H2,1-5H3/t22-,24+,25?,26-,27+,28?,29+,32?,33-,34+/m1/s1. The van der Waals surface area contributed by atoms with E-state index in [1.165, 1.54) is 69.8 Å². The SMILES string of the molecule is CC(C)CCC[C@@H](C)[C@H]1CC[C@H]2[C@@H]3CCC4C(Cc5ccc(Cl)c(Cl)c5)C(O)CC[C@]4(C)[C@H]3CC[C@]12C. The normalized spacial score (nSPS) is 42.2. The second-order valence-corrected chi connectivity index (χ2v) is 15.6. The summed E-state index contributed by atoms with van der Waals surface area (Å²) in [6, 6.07) is 6.07. The zero-order chi connectivity index (χ0) is 26.5. The van der Waals surface area contributed by atoms with Crippen molar-refractivity contribution < 1.29 is 5.11 Å². The van der Waals surface area contributed by atoms with Crippen LogP contribution in [0.1, 0.15) is 111 Å². The molecule has 3 heteroatoms. The average Bonchev–Trinajstić information content (AvgIpc) is 3.20. The zero-order valence-electron chi connectivity index (χ0n) is 24.1. The van der Waals surface area contributed by atoms with E-state index in [2.05, 4.69) is 40.7 Å². The van der Waals surface area contributed by atoms with Gasteiger partial charge >= 0.3 is 0 Å². The minimum atomic E-state index is -0.194. The fourth-order valence-corrected chi connectivity index (χ4v) is 11.1. The molecular formula is C34H52Cl2O. The molecule has 0 aliphatic heterocycles. The van der Waals surface area contributed by atoms with Crippen LogP contribution in [0.3, 0.4) is 0 Å². The van der Waals surface area contributed by atoms with Gasteiger partial charge in [-0.15, -0.1) is 0 Å². The van der Waals surface area contributed by atoms with E-state index < -0.39 is 0 Å². The Morgan fingerprint density at radius 3 is 2.27 bits per heavy atom. The summed E-state index contributed by atoms with van der Waals surface area (Å²) < 4.78 is 0. The highest BCUT2D eigenvalue weighted by atomic mass is 35.5. The third kappa shape index (κ3) is 5.17. The van der Waals surface area contributed by atoms with E-state index in [9.17, 15) is 5.11 Å². The van der Waals surface area contributed by atoms with E-state index in [0.29, 0.717) is 32.7 Å². The molecule has 3 unspecified atom stereocenters. The summed E-state index contributed by atoms with van der Waals surface area (Å²) in [6.45, 7) is 12.7. The fraction of sp³-hybridized carbons (Fsp3) is 0.824. The average molecular weight is 548 g/mol. The van der Waals surface area contributed by atoms with Crippen molar-refractivity contribution >= 4 is 23.2 Å². The molecule has 0 radical (unpaired) electrons. The molecule has 1 nitrogen and oxygen atoms in total. The molecule has 4 fully saturated rings. The van der Waals surface area contributed by atoms with Crippen LogP contribution in [0.25, 0.3) is 0 Å². The Bertz CT molecular complexity index is 944. The quantitative estimate of drug-likeness (QED) is 0.360. The van der Waals surface area contributed by atoms with Crippen molar-refractivity contribution in [2.24, 2.45) is 58.2 Å². The van der Waals surface area contributed by atoms with Crippen LogP contribution in [0, 0.1) is 58.2 Å². The Morgan fingerprint density at radius 2 is 1.54 bits per heavy atom. The molecule has 1 aromatic rings. The van der Waals surface area contributed by atoms with E-state index >= 15 is 0 Å². The van der Waals surface area contributed by atoms with Crippen LogP contribution in [0.4, 0.5) is 0 Å². The molecule has 4 saturated carbocycles. The predicted octanol–water partition coefficient (Wildman–Crippen LogP) is 10.2. The Balaban J connectivity index is 1.32. The Hall–Kier alpha value is -0.240. The maximum absolute atomic E-state index is 11.2. The van der Waals surface area contributed by atoms with Gasteiger partial charge in [-0.1, -0.05) is 83.1 Å². The Labute approximate surface area is 237 Å². The topological polar surface area (TPSA) is 20.2 Å². The summed E-state index contributed by atoms with van der Waals surface area (Å²) in [5, 5.41) is 12.5. The second kappa shape index (κ2) is 11.0. The number of halogens is 2. The maximum Gasteiger partial charge on any atom is 0.0595 e. The third-order valence-electron chi connectivity index (χ3n) is 12.6.